The Morgan fingerprint density at radius 3 is 2.24 bits per heavy atom. The van der Waals surface area contributed by atoms with E-state index in [1.165, 1.54) is 11.0 Å². The minimum atomic E-state index is -0.236. The van der Waals surface area contributed by atoms with Crippen LogP contribution in [-0.4, -0.2) is 29.4 Å². The van der Waals surface area contributed by atoms with Crippen LogP contribution in [0.2, 0.25) is 0 Å². The van der Waals surface area contributed by atoms with Crippen LogP contribution in [0.1, 0.15) is 30.1 Å². The molecule has 25 heavy (non-hydrogen) atoms. The molecule has 3 unspecified atom stereocenters. The second-order valence-corrected chi connectivity index (χ2v) is 6.53. The molecule has 0 aromatic heterocycles. The zero-order chi connectivity index (χ0) is 17.4. The summed E-state index contributed by atoms with van der Waals surface area (Å²) in [7, 11) is 0. The Morgan fingerprint density at radius 2 is 1.64 bits per heavy atom. The van der Waals surface area contributed by atoms with Gasteiger partial charge in [-0.3, -0.25) is 14.5 Å². The van der Waals surface area contributed by atoms with Crippen LogP contribution in [0.4, 0.5) is 0 Å². The van der Waals surface area contributed by atoms with E-state index < -0.39 is 0 Å². The molecule has 1 fully saturated rings. The predicted molar refractivity (Wildman–Crippen MR) is 93.7 cm³/mol. The largest absolute Gasteiger partial charge is 0.364 e. The summed E-state index contributed by atoms with van der Waals surface area (Å²) in [4.78, 5) is 25.7. The molecule has 0 N–H and O–H groups in total. The first kappa shape index (κ1) is 15.8. The maximum Gasteiger partial charge on any atom is 0.256 e. The lowest BCUT2D eigenvalue weighted by Gasteiger charge is -2.22. The Bertz CT molecular complexity index is 829. The monoisotopic (exact) mass is 333 g/mol. The first-order chi connectivity index (χ1) is 12.1. The zero-order valence-corrected chi connectivity index (χ0v) is 14.0. The fraction of sp³-hybridized carbons (Fsp3) is 0.238. The quantitative estimate of drug-likeness (QED) is 0.623. The highest BCUT2D eigenvalue weighted by Crippen LogP contribution is 2.47. The molecule has 2 amide bonds. The van der Waals surface area contributed by atoms with Crippen LogP contribution in [0.5, 0.6) is 0 Å². The second kappa shape index (κ2) is 6.30. The van der Waals surface area contributed by atoms with Crippen molar-refractivity contribution < 1.29 is 14.3 Å². The summed E-state index contributed by atoms with van der Waals surface area (Å²) >= 11 is 0. The van der Waals surface area contributed by atoms with Crippen molar-refractivity contribution in [2.24, 2.45) is 0 Å². The molecule has 2 heterocycles. The van der Waals surface area contributed by atoms with Gasteiger partial charge < -0.3 is 4.74 Å². The summed E-state index contributed by atoms with van der Waals surface area (Å²) in [6, 6.07) is 20.0. The summed E-state index contributed by atoms with van der Waals surface area (Å²) in [6.45, 7) is 2.02. The number of ether oxygens (including phenoxy) is 1. The Labute approximate surface area is 146 Å². The number of benzene rings is 2. The van der Waals surface area contributed by atoms with Gasteiger partial charge in [-0.2, -0.15) is 0 Å². The van der Waals surface area contributed by atoms with Crippen LogP contribution in [0.3, 0.4) is 0 Å². The molecule has 0 spiro atoms. The van der Waals surface area contributed by atoms with Gasteiger partial charge in [0.05, 0.1) is 6.10 Å². The third-order valence-corrected chi connectivity index (χ3v) is 4.85. The third-order valence-electron chi connectivity index (χ3n) is 4.85. The normalized spacial score (nSPS) is 23.6. The van der Waals surface area contributed by atoms with Gasteiger partial charge in [0.15, 0.2) is 0 Å². The molecular weight excluding hydrogens is 314 g/mol. The molecule has 2 aromatic carbocycles. The van der Waals surface area contributed by atoms with E-state index in [1.54, 1.807) is 6.92 Å². The fourth-order valence-electron chi connectivity index (χ4n) is 3.45. The second-order valence-electron chi connectivity index (χ2n) is 6.53. The number of carbonyl (C=O) groups excluding carboxylic acids is 2. The maximum absolute atomic E-state index is 12.3. The van der Waals surface area contributed by atoms with Crippen LogP contribution >= 0.6 is 0 Å². The van der Waals surface area contributed by atoms with Crippen LogP contribution in [0.25, 0.3) is 0 Å². The van der Waals surface area contributed by atoms with Crippen molar-refractivity contribution in [3.8, 4) is 0 Å². The first-order valence-electron chi connectivity index (χ1n) is 8.44. The highest BCUT2D eigenvalue weighted by Gasteiger charge is 2.48. The predicted octanol–water partition coefficient (Wildman–Crippen LogP) is 3.23. The number of epoxide rings is 1. The van der Waals surface area contributed by atoms with E-state index in [2.05, 4.69) is 0 Å². The third kappa shape index (κ3) is 3.01. The molecule has 4 rings (SSSR count). The summed E-state index contributed by atoms with van der Waals surface area (Å²) in [5.41, 5.74) is 2.70. The van der Waals surface area contributed by atoms with Crippen molar-refractivity contribution in [3.63, 3.8) is 0 Å². The van der Waals surface area contributed by atoms with Crippen molar-refractivity contribution in [3.05, 3.63) is 83.4 Å². The topological polar surface area (TPSA) is 49.9 Å². The van der Waals surface area contributed by atoms with Crippen LogP contribution in [0, 0.1) is 0 Å². The summed E-state index contributed by atoms with van der Waals surface area (Å²) in [5.74, 6) is -0.484. The minimum absolute atomic E-state index is 0.00766. The minimum Gasteiger partial charge on any atom is -0.364 e. The molecule has 4 heteroatoms. The van der Waals surface area contributed by atoms with Gasteiger partial charge in [-0.1, -0.05) is 60.7 Å². The number of hydrogen-bond acceptors (Lipinski definition) is 3. The molecular formula is C21H19NO3. The molecule has 3 atom stereocenters. The van der Waals surface area contributed by atoms with Gasteiger partial charge >= 0.3 is 0 Å². The van der Waals surface area contributed by atoms with Gasteiger partial charge in [-0.25, -0.2) is 0 Å². The number of nitrogens with zero attached hydrogens (tertiary/aromatic N) is 1. The summed E-state index contributed by atoms with van der Waals surface area (Å²) < 4.78 is 5.96. The van der Waals surface area contributed by atoms with Crippen LogP contribution < -0.4 is 0 Å². The van der Waals surface area contributed by atoms with E-state index in [0.717, 1.165) is 11.1 Å². The summed E-state index contributed by atoms with van der Waals surface area (Å²) in [5, 5.41) is 0. The molecule has 1 saturated heterocycles. The molecule has 2 aliphatic heterocycles. The van der Waals surface area contributed by atoms with Crippen molar-refractivity contribution in [1.82, 2.24) is 4.90 Å². The van der Waals surface area contributed by atoms with Gasteiger partial charge in [-0.15, -0.1) is 0 Å². The van der Waals surface area contributed by atoms with Gasteiger partial charge in [0.1, 0.15) is 6.10 Å². The van der Waals surface area contributed by atoms with E-state index in [1.807, 2.05) is 60.7 Å². The SMILES string of the molecule is CC1=CC(=O)N(CC(c2ccccc2)C2OC2c2ccccc2)C1=O. The zero-order valence-electron chi connectivity index (χ0n) is 14.0. The van der Waals surface area contributed by atoms with Crippen molar-refractivity contribution in [1.29, 1.82) is 0 Å². The van der Waals surface area contributed by atoms with Gasteiger partial charge in [-0.05, 0) is 18.1 Å². The van der Waals surface area contributed by atoms with Crippen molar-refractivity contribution in [2.75, 3.05) is 6.54 Å². The van der Waals surface area contributed by atoms with E-state index in [0.29, 0.717) is 12.1 Å². The molecule has 0 aliphatic carbocycles. The van der Waals surface area contributed by atoms with Crippen molar-refractivity contribution in [2.45, 2.75) is 25.0 Å². The lowest BCUT2D eigenvalue weighted by Crippen LogP contribution is -2.36. The molecule has 126 valence electrons. The average Bonchev–Trinajstić information content (AvgIpc) is 3.39. The standard InChI is InChI=1S/C21H19NO3/c1-14-12-18(23)22(21(14)24)13-17(15-8-4-2-5-9-15)20-19(25-20)16-10-6-3-7-11-16/h2-12,17,19-20H,13H2,1H3. The Balaban J connectivity index is 1.59. The lowest BCUT2D eigenvalue weighted by molar-refractivity contribution is -0.137. The number of imide groups is 1. The van der Waals surface area contributed by atoms with E-state index in [9.17, 15) is 9.59 Å². The molecule has 0 radical (unpaired) electrons. The number of hydrogen-bond donors (Lipinski definition) is 0. The molecule has 2 aromatic rings. The van der Waals surface area contributed by atoms with Gasteiger partial charge in [0.25, 0.3) is 11.8 Å². The number of carbonyl (C=O) groups is 2. The Hall–Kier alpha value is -2.72. The highest BCUT2D eigenvalue weighted by atomic mass is 16.6. The van der Waals surface area contributed by atoms with Gasteiger partial charge in [0, 0.05) is 24.1 Å². The molecule has 0 bridgehead atoms. The van der Waals surface area contributed by atoms with Crippen LogP contribution in [0.15, 0.2) is 72.3 Å². The number of amides is 2. The van der Waals surface area contributed by atoms with Gasteiger partial charge in [0.2, 0.25) is 0 Å². The van der Waals surface area contributed by atoms with E-state index in [4.69, 9.17) is 4.74 Å². The van der Waals surface area contributed by atoms with Crippen LogP contribution in [-0.2, 0) is 14.3 Å². The van der Waals surface area contributed by atoms with Crippen molar-refractivity contribution >= 4 is 11.8 Å². The first-order valence-corrected chi connectivity index (χ1v) is 8.44. The Morgan fingerprint density at radius 1 is 1.00 bits per heavy atom. The smallest absolute Gasteiger partial charge is 0.256 e. The number of rotatable bonds is 5. The lowest BCUT2D eigenvalue weighted by atomic mass is 9.91. The maximum atomic E-state index is 12.3. The fourth-order valence-corrected chi connectivity index (χ4v) is 3.45. The van der Waals surface area contributed by atoms with E-state index in [-0.39, 0.29) is 29.9 Å². The van der Waals surface area contributed by atoms with E-state index >= 15 is 0 Å². The Kier molecular flexibility index (Phi) is 3.98. The molecule has 4 nitrogen and oxygen atoms in total. The molecule has 2 aliphatic rings. The highest BCUT2D eigenvalue weighted by molar-refractivity contribution is 6.15. The molecule has 0 saturated carbocycles. The summed E-state index contributed by atoms with van der Waals surface area (Å²) in [6.07, 6.45) is 1.38. The average molecular weight is 333 g/mol.